The molecule has 1 atom stereocenters. The first kappa shape index (κ1) is 28.9. The van der Waals surface area contributed by atoms with Gasteiger partial charge in [0.05, 0.1) is 21.0 Å². The van der Waals surface area contributed by atoms with Crippen LogP contribution in [0.5, 0.6) is 0 Å². The van der Waals surface area contributed by atoms with Gasteiger partial charge in [-0.25, -0.2) is 0 Å². The molecule has 1 aromatic heterocycles. The molecule has 0 aliphatic rings. The molecule has 1 heterocycles. The van der Waals surface area contributed by atoms with Crippen LogP contribution in [-0.4, -0.2) is 28.0 Å². The Hall–Kier alpha value is -4.11. The lowest BCUT2D eigenvalue weighted by Crippen LogP contribution is -2.30. The Morgan fingerprint density at radius 2 is 1.62 bits per heavy atom. The molecule has 7 nitrogen and oxygen atoms in total. The molecule has 3 aromatic carbocycles. The van der Waals surface area contributed by atoms with Gasteiger partial charge in [-0.1, -0.05) is 53.5 Å². The molecule has 0 saturated heterocycles. The minimum Gasteiger partial charge on any atom is -0.324 e. The summed E-state index contributed by atoms with van der Waals surface area (Å²) in [5.41, 5.74) is 2.09. The molecule has 0 saturated carbocycles. The van der Waals surface area contributed by atoms with Crippen molar-refractivity contribution < 1.29 is 14.4 Å². The number of thioether (sulfide) groups is 1. The molecule has 0 spiro atoms. The minimum atomic E-state index is -0.500. The topological polar surface area (TPSA) is 100 Å². The molecule has 1 unspecified atom stereocenters. The maximum atomic E-state index is 13.2. The Morgan fingerprint density at radius 3 is 2.33 bits per heavy atom. The van der Waals surface area contributed by atoms with Crippen molar-refractivity contribution in [2.75, 3.05) is 10.6 Å². The van der Waals surface area contributed by atoms with Gasteiger partial charge >= 0.3 is 0 Å². The summed E-state index contributed by atoms with van der Waals surface area (Å²) in [7, 11) is 0. The van der Waals surface area contributed by atoms with Crippen molar-refractivity contribution in [2.45, 2.75) is 17.1 Å². The molecule has 10 heteroatoms. The Bertz CT molecular complexity index is 1530. The van der Waals surface area contributed by atoms with E-state index in [2.05, 4.69) is 20.9 Å². The Balaban J connectivity index is 1.41. The van der Waals surface area contributed by atoms with Crippen molar-refractivity contribution in [1.29, 1.82) is 0 Å². The number of benzene rings is 3. The monoisotopic (exact) mass is 590 g/mol. The number of pyridine rings is 1. The second-order valence-electron chi connectivity index (χ2n) is 8.49. The first-order chi connectivity index (χ1) is 19.3. The molecule has 3 N–H and O–H groups in total. The van der Waals surface area contributed by atoms with E-state index in [0.717, 1.165) is 4.90 Å². The number of hydrogen-bond acceptors (Lipinski definition) is 5. The number of anilines is 2. The van der Waals surface area contributed by atoms with E-state index in [1.165, 1.54) is 11.8 Å². The zero-order valence-electron chi connectivity index (χ0n) is 21.2. The van der Waals surface area contributed by atoms with Crippen LogP contribution in [-0.2, 0) is 9.59 Å². The molecule has 4 aromatic rings. The summed E-state index contributed by atoms with van der Waals surface area (Å²) >= 11 is 13.5. The van der Waals surface area contributed by atoms with Gasteiger partial charge in [0.25, 0.3) is 11.8 Å². The van der Waals surface area contributed by atoms with E-state index in [0.29, 0.717) is 27.5 Å². The molecule has 3 amide bonds. The highest BCUT2D eigenvalue weighted by molar-refractivity contribution is 8.00. The first-order valence-electron chi connectivity index (χ1n) is 12.1. The largest absolute Gasteiger partial charge is 0.324 e. The lowest BCUT2D eigenvalue weighted by atomic mass is 10.2. The minimum absolute atomic E-state index is 0.0604. The number of nitrogens with one attached hydrogen (secondary N) is 3. The van der Waals surface area contributed by atoms with Crippen molar-refractivity contribution in [3.8, 4) is 0 Å². The smallest absolute Gasteiger partial charge is 0.272 e. The van der Waals surface area contributed by atoms with Gasteiger partial charge < -0.3 is 16.0 Å². The molecule has 0 bridgehead atoms. The molecule has 0 radical (unpaired) electrons. The first-order valence-corrected chi connectivity index (χ1v) is 13.7. The van der Waals surface area contributed by atoms with Gasteiger partial charge in [0.2, 0.25) is 5.91 Å². The fraction of sp³-hybridized carbons (Fsp3) is 0.0667. The van der Waals surface area contributed by atoms with Crippen molar-refractivity contribution in [2.24, 2.45) is 0 Å². The summed E-state index contributed by atoms with van der Waals surface area (Å²) in [6.45, 7) is 1.78. The second kappa shape index (κ2) is 13.8. The van der Waals surface area contributed by atoms with Crippen LogP contribution in [0.25, 0.3) is 6.08 Å². The summed E-state index contributed by atoms with van der Waals surface area (Å²) < 4.78 is 0. The van der Waals surface area contributed by atoms with Crippen molar-refractivity contribution in [3.05, 3.63) is 124 Å². The maximum Gasteiger partial charge on any atom is 0.272 e. The van der Waals surface area contributed by atoms with Gasteiger partial charge in [-0.15, -0.1) is 11.8 Å². The van der Waals surface area contributed by atoms with Crippen molar-refractivity contribution in [1.82, 2.24) is 10.3 Å². The predicted octanol–water partition coefficient (Wildman–Crippen LogP) is 6.92. The number of carbonyl (C=O) groups excluding carboxylic acids is 3. The van der Waals surface area contributed by atoms with Crippen molar-refractivity contribution in [3.63, 3.8) is 0 Å². The fourth-order valence-corrected chi connectivity index (χ4v) is 4.69. The number of amides is 3. The Kier molecular flexibility index (Phi) is 9.96. The van der Waals surface area contributed by atoms with Gasteiger partial charge in [0.1, 0.15) is 5.70 Å². The van der Waals surface area contributed by atoms with Crippen LogP contribution >= 0.6 is 35.0 Å². The van der Waals surface area contributed by atoms with E-state index >= 15 is 0 Å². The van der Waals surface area contributed by atoms with Gasteiger partial charge in [-0.2, -0.15) is 0 Å². The average molecular weight is 592 g/mol. The van der Waals surface area contributed by atoms with Crippen LogP contribution in [0, 0.1) is 0 Å². The second-order valence-corrected chi connectivity index (χ2v) is 10.7. The Labute approximate surface area is 246 Å². The number of nitrogens with zero attached hydrogens (tertiary/aromatic N) is 1. The zero-order chi connectivity index (χ0) is 28.5. The molecule has 0 aliphatic heterocycles. The lowest BCUT2D eigenvalue weighted by Gasteiger charge is -2.14. The highest BCUT2D eigenvalue weighted by Gasteiger charge is 2.18. The summed E-state index contributed by atoms with van der Waals surface area (Å²) in [4.78, 5) is 43.5. The lowest BCUT2D eigenvalue weighted by molar-refractivity contribution is -0.115. The molecule has 0 fully saturated rings. The third kappa shape index (κ3) is 7.95. The number of aromatic nitrogens is 1. The van der Waals surface area contributed by atoms with E-state index in [4.69, 9.17) is 23.2 Å². The summed E-state index contributed by atoms with van der Waals surface area (Å²) in [5, 5.41) is 8.50. The number of rotatable bonds is 9. The van der Waals surface area contributed by atoms with Crippen LogP contribution < -0.4 is 16.0 Å². The van der Waals surface area contributed by atoms with E-state index < -0.39 is 17.1 Å². The Morgan fingerprint density at radius 1 is 0.875 bits per heavy atom. The highest BCUT2D eigenvalue weighted by atomic mass is 35.5. The summed E-state index contributed by atoms with van der Waals surface area (Å²) in [6, 6.07) is 24.2. The van der Waals surface area contributed by atoms with Gasteiger partial charge in [-0.3, -0.25) is 19.4 Å². The molecule has 0 aliphatic carbocycles. The van der Waals surface area contributed by atoms with Gasteiger partial charge in [0.15, 0.2) is 0 Å². The molecular formula is C30H24Cl2N4O3S. The molecular weight excluding hydrogens is 567 g/mol. The van der Waals surface area contributed by atoms with Crippen LogP contribution in [0.4, 0.5) is 11.4 Å². The number of carbonyl (C=O) groups is 3. The van der Waals surface area contributed by atoms with Crippen LogP contribution in [0.3, 0.4) is 0 Å². The van der Waals surface area contributed by atoms with Gasteiger partial charge in [-0.05, 0) is 73.2 Å². The fourth-order valence-electron chi connectivity index (χ4n) is 3.48. The number of hydrogen-bond donors (Lipinski definition) is 3. The number of halogens is 2. The predicted molar refractivity (Wildman–Crippen MR) is 162 cm³/mol. The zero-order valence-corrected chi connectivity index (χ0v) is 23.6. The summed E-state index contributed by atoms with van der Waals surface area (Å²) in [5.74, 6) is -1.14. The quantitative estimate of drug-likeness (QED) is 0.145. The summed E-state index contributed by atoms with van der Waals surface area (Å²) in [6.07, 6.45) is 4.77. The SMILES string of the molecule is CC(Sc1ccc(NC(=O)/C(=C/c2cccnc2)NC(=O)c2ccccc2)cc1)C(=O)Nc1cccc(Cl)c1Cl. The van der Waals surface area contributed by atoms with E-state index in [-0.39, 0.29) is 16.6 Å². The van der Waals surface area contributed by atoms with E-state index in [9.17, 15) is 14.4 Å². The van der Waals surface area contributed by atoms with Gasteiger partial charge in [0, 0.05) is 28.5 Å². The average Bonchev–Trinajstić information content (AvgIpc) is 2.97. The normalized spacial score (nSPS) is 11.8. The van der Waals surface area contributed by atoms with Crippen LogP contribution in [0.2, 0.25) is 10.0 Å². The van der Waals surface area contributed by atoms with E-state index in [1.807, 2.05) is 0 Å². The molecule has 4 rings (SSSR count). The van der Waals surface area contributed by atoms with Crippen molar-refractivity contribution >= 4 is 70.1 Å². The molecule has 40 heavy (non-hydrogen) atoms. The van der Waals surface area contributed by atoms with Crippen LogP contribution in [0.15, 0.2) is 108 Å². The van der Waals surface area contributed by atoms with E-state index in [1.54, 1.807) is 110 Å². The molecule has 202 valence electrons. The third-order valence-corrected chi connectivity index (χ3v) is 7.46. The third-order valence-electron chi connectivity index (χ3n) is 5.53. The highest BCUT2D eigenvalue weighted by Crippen LogP contribution is 2.31. The van der Waals surface area contributed by atoms with Crippen LogP contribution in [0.1, 0.15) is 22.8 Å². The standard InChI is InChI=1S/C30H24Cl2N4O3S/c1-19(28(37)35-25-11-5-10-24(31)27(25)32)40-23-14-12-22(13-15-23)34-30(39)26(17-20-7-6-16-33-18-20)36-29(38)21-8-3-2-4-9-21/h2-19H,1H3,(H,34,39)(H,35,37)(H,36,38)/b26-17-. The maximum absolute atomic E-state index is 13.2.